The summed E-state index contributed by atoms with van der Waals surface area (Å²) in [7, 11) is -3.73. The van der Waals surface area contributed by atoms with Gasteiger partial charge in [-0.25, -0.2) is 13.4 Å². The van der Waals surface area contributed by atoms with Crippen LogP contribution in [0.4, 0.5) is 0 Å². The fraction of sp³-hybridized carbons (Fsp3) is 0.100. The highest BCUT2D eigenvalue weighted by atomic mass is 35.5. The summed E-state index contributed by atoms with van der Waals surface area (Å²) in [4.78, 5) is 17.9. The average Bonchev–Trinajstić information content (AvgIpc) is 3.15. The molecule has 0 saturated heterocycles. The van der Waals surface area contributed by atoms with Gasteiger partial charge in [0.1, 0.15) is 4.83 Å². The zero-order chi connectivity index (χ0) is 20.6. The molecule has 4 aromatic rings. The molecule has 0 saturated carbocycles. The van der Waals surface area contributed by atoms with Gasteiger partial charge >= 0.3 is 0 Å². The number of rotatable bonds is 5. The number of hydrogen-bond donors (Lipinski definition) is 0. The number of hydrogen-bond acceptors (Lipinski definition) is 5. The van der Waals surface area contributed by atoms with E-state index < -0.39 is 9.84 Å². The summed E-state index contributed by atoms with van der Waals surface area (Å²) < 4.78 is 26.7. The summed E-state index contributed by atoms with van der Waals surface area (Å²) in [6.07, 6.45) is 1.38. The Hall–Kier alpha value is -2.19. The van der Waals surface area contributed by atoms with Crippen LogP contribution in [0.15, 0.2) is 69.9 Å². The molecule has 29 heavy (non-hydrogen) atoms. The second-order valence-electron chi connectivity index (χ2n) is 6.33. The molecule has 5 nitrogen and oxygen atoms in total. The maximum absolute atomic E-state index is 13.0. The molecular weight excluding hydrogens is 451 g/mol. The molecule has 0 atom stereocenters. The predicted octanol–water partition coefficient (Wildman–Crippen LogP) is 4.91. The Morgan fingerprint density at radius 1 is 1.07 bits per heavy atom. The molecule has 9 heteroatoms. The number of sulfone groups is 1. The first-order chi connectivity index (χ1) is 13.9. The highest BCUT2D eigenvalue weighted by molar-refractivity contribution is 7.91. The van der Waals surface area contributed by atoms with Gasteiger partial charge in [-0.2, -0.15) is 0 Å². The lowest BCUT2D eigenvalue weighted by Gasteiger charge is -2.09. The van der Waals surface area contributed by atoms with E-state index >= 15 is 0 Å². The average molecular weight is 465 g/mol. The number of halogens is 2. The maximum Gasteiger partial charge on any atom is 0.262 e. The van der Waals surface area contributed by atoms with Crippen LogP contribution in [0.5, 0.6) is 0 Å². The first-order valence-electron chi connectivity index (χ1n) is 8.57. The Kier molecular flexibility index (Phi) is 5.48. The van der Waals surface area contributed by atoms with Crippen molar-refractivity contribution >= 4 is 54.6 Å². The molecule has 0 radical (unpaired) electrons. The quantitative estimate of drug-likeness (QED) is 0.420. The van der Waals surface area contributed by atoms with Crippen molar-refractivity contribution in [2.24, 2.45) is 0 Å². The Morgan fingerprint density at radius 2 is 1.83 bits per heavy atom. The second kappa shape index (κ2) is 7.91. The zero-order valence-electron chi connectivity index (χ0n) is 14.9. The van der Waals surface area contributed by atoms with E-state index in [-0.39, 0.29) is 32.8 Å². The van der Waals surface area contributed by atoms with Crippen LogP contribution < -0.4 is 5.56 Å². The molecule has 148 valence electrons. The van der Waals surface area contributed by atoms with Gasteiger partial charge in [-0.3, -0.25) is 9.36 Å². The third kappa shape index (κ3) is 3.96. The number of aryl methyl sites for hydroxylation is 1. The molecule has 2 aromatic carbocycles. The Balaban J connectivity index is 1.70. The fourth-order valence-electron chi connectivity index (χ4n) is 3.00. The van der Waals surface area contributed by atoms with Crippen LogP contribution in [0, 0.1) is 0 Å². The van der Waals surface area contributed by atoms with Crippen molar-refractivity contribution in [3.63, 3.8) is 0 Å². The molecule has 0 aliphatic carbocycles. The second-order valence-corrected chi connectivity index (χ2v) is 10.1. The molecule has 0 aliphatic heterocycles. The lowest BCUT2D eigenvalue weighted by Crippen LogP contribution is -2.24. The molecular formula is C20H14Cl2N2O3S2. The van der Waals surface area contributed by atoms with Crippen LogP contribution in [0.1, 0.15) is 0 Å². The van der Waals surface area contributed by atoms with Gasteiger partial charge in [0.25, 0.3) is 5.56 Å². The van der Waals surface area contributed by atoms with Gasteiger partial charge in [0, 0.05) is 22.5 Å². The van der Waals surface area contributed by atoms with E-state index in [0.717, 1.165) is 11.1 Å². The highest BCUT2D eigenvalue weighted by Gasteiger charge is 2.20. The van der Waals surface area contributed by atoms with Crippen molar-refractivity contribution in [1.29, 1.82) is 0 Å². The van der Waals surface area contributed by atoms with Crippen LogP contribution >= 0.6 is 34.5 Å². The largest absolute Gasteiger partial charge is 0.298 e. The number of thiophene rings is 1. The maximum atomic E-state index is 13.0. The zero-order valence-corrected chi connectivity index (χ0v) is 18.0. The van der Waals surface area contributed by atoms with Crippen LogP contribution in [0.3, 0.4) is 0 Å². The summed E-state index contributed by atoms with van der Waals surface area (Å²) in [5, 5.41) is 2.75. The van der Waals surface area contributed by atoms with E-state index in [9.17, 15) is 13.2 Å². The summed E-state index contributed by atoms with van der Waals surface area (Å²) in [5.41, 5.74) is 1.43. The summed E-state index contributed by atoms with van der Waals surface area (Å²) >= 11 is 13.3. The van der Waals surface area contributed by atoms with Crippen LogP contribution in [-0.4, -0.2) is 23.7 Å². The lowest BCUT2D eigenvalue weighted by molar-refractivity contribution is 0.587. The fourth-order valence-corrected chi connectivity index (χ4v) is 5.94. The van der Waals surface area contributed by atoms with Gasteiger partial charge in [0.15, 0.2) is 9.84 Å². The van der Waals surface area contributed by atoms with Gasteiger partial charge < -0.3 is 0 Å². The van der Waals surface area contributed by atoms with E-state index in [1.165, 1.54) is 40.4 Å². The van der Waals surface area contributed by atoms with Crippen molar-refractivity contribution in [2.75, 3.05) is 5.75 Å². The third-order valence-electron chi connectivity index (χ3n) is 4.47. The van der Waals surface area contributed by atoms with E-state index in [1.807, 2.05) is 35.7 Å². The smallest absolute Gasteiger partial charge is 0.262 e. The van der Waals surface area contributed by atoms with Crippen molar-refractivity contribution in [1.82, 2.24) is 9.55 Å². The molecule has 0 aliphatic rings. The van der Waals surface area contributed by atoms with Gasteiger partial charge in [-0.1, -0.05) is 53.5 Å². The van der Waals surface area contributed by atoms with Crippen LogP contribution in [0.2, 0.25) is 10.0 Å². The topological polar surface area (TPSA) is 69.0 Å². The van der Waals surface area contributed by atoms with Gasteiger partial charge in [0.2, 0.25) is 0 Å². The first kappa shape index (κ1) is 20.1. The summed E-state index contributed by atoms with van der Waals surface area (Å²) in [6.45, 7) is -0.0446. The first-order valence-corrected chi connectivity index (χ1v) is 11.9. The monoisotopic (exact) mass is 464 g/mol. The number of aromatic nitrogens is 2. The number of benzene rings is 2. The molecule has 2 aromatic heterocycles. The van der Waals surface area contributed by atoms with E-state index in [1.54, 1.807) is 0 Å². The van der Waals surface area contributed by atoms with Crippen molar-refractivity contribution in [2.45, 2.75) is 11.4 Å². The number of nitrogens with zero attached hydrogens (tertiary/aromatic N) is 2. The van der Waals surface area contributed by atoms with E-state index in [0.29, 0.717) is 10.2 Å². The third-order valence-corrected chi connectivity index (χ3v) is 7.77. The molecule has 4 rings (SSSR count). The SMILES string of the molecule is O=c1c2c(-c3ccccc3)csc2ncn1CCS(=O)(=O)c1cc(Cl)ccc1Cl. The molecule has 2 heterocycles. The minimum absolute atomic E-state index is 0.0446. The van der Waals surface area contributed by atoms with Crippen LogP contribution in [-0.2, 0) is 16.4 Å². The summed E-state index contributed by atoms with van der Waals surface area (Å²) in [5.74, 6) is -0.301. The highest BCUT2D eigenvalue weighted by Crippen LogP contribution is 2.30. The predicted molar refractivity (Wildman–Crippen MR) is 118 cm³/mol. The molecule has 0 fully saturated rings. The standard InChI is InChI=1S/C20H14Cl2N2O3S2/c21-14-6-7-16(22)17(10-14)29(26,27)9-8-24-12-23-19-18(20(24)25)15(11-28-19)13-4-2-1-3-5-13/h1-7,10-12H,8-9H2. The van der Waals surface area contributed by atoms with E-state index in [2.05, 4.69) is 4.98 Å². The van der Waals surface area contributed by atoms with Crippen molar-refractivity contribution in [3.05, 3.63) is 80.6 Å². The molecule has 0 bridgehead atoms. The Bertz CT molecular complexity index is 1360. The Labute approximate surface area is 181 Å². The van der Waals surface area contributed by atoms with Gasteiger partial charge in [0.05, 0.1) is 27.4 Å². The lowest BCUT2D eigenvalue weighted by atomic mass is 10.1. The normalized spacial score (nSPS) is 11.8. The molecule has 0 N–H and O–H groups in total. The van der Waals surface area contributed by atoms with Crippen molar-refractivity contribution < 1.29 is 8.42 Å². The molecule has 0 amide bonds. The number of fused-ring (bicyclic) bond motifs is 1. The van der Waals surface area contributed by atoms with Gasteiger partial charge in [-0.15, -0.1) is 11.3 Å². The molecule has 0 spiro atoms. The Morgan fingerprint density at radius 3 is 2.59 bits per heavy atom. The summed E-state index contributed by atoms with van der Waals surface area (Å²) in [6, 6.07) is 13.8. The minimum Gasteiger partial charge on any atom is -0.298 e. The van der Waals surface area contributed by atoms with Crippen molar-refractivity contribution in [3.8, 4) is 11.1 Å². The van der Waals surface area contributed by atoms with E-state index in [4.69, 9.17) is 23.2 Å². The van der Waals surface area contributed by atoms with Crippen LogP contribution in [0.25, 0.3) is 21.3 Å². The molecule has 0 unspecified atom stereocenters. The van der Waals surface area contributed by atoms with Gasteiger partial charge in [-0.05, 0) is 23.8 Å². The minimum atomic E-state index is -3.73.